The van der Waals surface area contributed by atoms with Crippen LogP contribution in [0.1, 0.15) is 43.9 Å². The molecule has 2 bridgehead atoms. The van der Waals surface area contributed by atoms with Gasteiger partial charge in [-0.2, -0.15) is 0 Å². The summed E-state index contributed by atoms with van der Waals surface area (Å²) in [7, 11) is 1.59. The highest BCUT2D eigenvalue weighted by molar-refractivity contribution is 7.22. The lowest BCUT2D eigenvalue weighted by Crippen LogP contribution is -2.53. The molecule has 2 atom stereocenters. The van der Waals surface area contributed by atoms with Crippen LogP contribution in [-0.2, 0) is 21.6 Å². The summed E-state index contributed by atoms with van der Waals surface area (Å²) in [6.45, 7) is 7.42. The Kier molecular flexibility index (Phi) is 7.32. The largest absolute Gasteiger partial charge is 0.496 e. The number of carbonyl (C=O) groups is 1. The van der Waals surface area contributed by atoms with Gasteiger partial charge in [0.25, 0.3) is 5.56 Å². The zero-order valence-electron chi connectivity index (χ0n) is 24.0. The van der Waals surface area contributed by atoms with E-state index in [9.17, 15) is 19.5 Å². The first-order chi connectivity index (χ1) is 20.1. The number of hydrogen-bond acceptors (Lipinski definition) is 9. The van der Waals surface area contributed by atoms with Crippen LogP contribution in [0.25, 0.3) is 21.0 Å². The van der Waals surface area contributed by atoms with E-state index in [1.807, 2.05) is 24.3 Å². The molecule has 3 saturated heterocycles. The second-order valence-electron chi connectivity index (χ2n) is 11.5. The maximum Gasteiger partial charge on any atom is 0.333 e. The van der Waals surface area contributed by atoms with E-state index >= 15 is 0 Å². The predicted octanol–water partition coefficient (Wildman–Crippen LogP) is 3.87. The summed E-state index contributed by atoms with van der Waals surface area (Å²) < 4.78 is 20.4. The lowest BCUT2D eigenvalue weighted by atomic mass is 9.85. The monoisotopic (exact) mass is 594 g/mol. The fourth-order valence-electron chi connectivity index (χ4n) is 6.22. The number of aryl methyl sites for hydroxylation is 1. The molecule has 11 nitrogen and oxygen atoms in total. The number of oxazole rings is 1. The fraction of sp³-hybridized carbons (Fsp3) is 0.467. The molecule has 42 heavy (non-hydrogen) atoms. The molecule has 0 radical (unpaired) electrons. The number of ether oxygens (including phenoxy) is 2. The Balaban J connectivity index is 1.56. The Labute approximate surface area is 245 Å². The molecule has 0 spiro atoms. The first-order valence-electron chi connectivity index (χ1n) is 14.0. The van der Waals surface area contributed by atoms with Crippen molar-refractivity contribution in [2.24, 2.45) is 5.92 Å². The van der Waals surface area contributed by atoms with Gasteiger partial charge in [0.1, 0.15) is 28.5 Å². The van der Waals surface area contributed by atoms with Crippen LogP contribution in [-0.4, -0.2) is 62.9 Å². The minimum absolute atomic E-state index is 0.0390. The third kappa shape index (κ3) is 4.67. The summed E-state index contributed by atoms with van der Waals surface area (Å²) in [6.07, 6.45) is 4.40. The van der Waals surface area contributed by atoms with Crippen LogP contribution in [0.15, 0.2) is 50.7 Å². The van der Waals surface area contributed by atoms with Gasteiger partial charge in [-0.25, -0.2) is 19.1 Å². The van der Waals surface area contributed by atoms with Crippen LogP contribution in [0.5, 0.6) is 5.75 Å². The lowest BCUT2D eigenvalue weighted by molar-refractivity contribution is -0.146. The normalized spacial score (nSPS) is 21.1. The first-order valence-corrected chi connectivity index (χ1v) is 14.9. The number of aliphatic carboxylic acids is 1. The molecule has 0 amide bonds. The van der Waals surface area contributed by atoms with E-state index < -0.39 is 28.9 Å². The second kappa shape index (κ2) is 10.8. The molecular weight excluding hydrogens is 560 g/mol. The average Bonchev–Trinajstić information content (AvgIpc) is 3.63. The van der Waals surface area contributed by atoms with Crippen molar-refractivity contribution in [2.75, 3.05) is 26.7 Å². The summed E-state index contributed by atoms with van der Waals surface area (Å²) >= 11 is 1.22. The van der Waals surface area contributed by atoms with E-state index in [4.69, 9.17) is 13.9 Å². The van der Waals surface area contributed by atoms with Gasteiger partial charge in [-0.15, -0.1) is 11.3 Å². The van der Waals surface area contributed by atoms with Gasteiger partial charge in [0.05, 0.1) is 36.2 Å². The molecule has 3 aliphatic rings. The standard InChI is InChI=1S/C30H34N4O7S/c1-17-23-26(35)34(30(2,3)28(36)37)29(38)33(27(23)42-24(17)25-31-11-14-40-25)16-22(19-7-5-6-8-20(19)39-4)41-21-15-32-12-9-18(21)10-13-32/h5-8,11,14,18,21-22H,9-10,12-13,15-16H2,1-4H3,(H,36,37)/t21-,22?/m1/s1. The van der Waals surface area contributed by atoms with E-state index in [1.165, 1.54) is 42.2 Å². The number of para-hydroxylation sites is 1. The number of fused-ring (bicyclic) bond motifs is 4. The van der Waals surface area contributed by atoms with E-state index in [-0.39, 0.29) is 18.0 Å². The summed E-state index contributed by atoms with van der Waals surface area (Å²) in [5.74, 6) is 0.0544. The zero-order valence-corrected chi connectivity index (χ0v) is 24.8. The summed E-state index contributed by atoms with van der Waals surface area (Å²) in [5.41, 5.74) is -1.86. The molecule has 4 aromatic rings. The molecule has 3 fully saturated rings. The Morgan fingerprint density at radius 2 is 1.98 bits per heavy atom. The van der Waals surface area contributed by atoms with Crippen molar-refractivity contribution < 1.29 is 23.8 Å². The van der Waals surface area contributed by atoms with E-state index in [2.05, 4.69) is 9.88 Å². The molecular formula is C30H34N4O7S. The Hall–Kier alpha value is -3.74. The third-order valence-electron chi connectivity index (χ3n) is 8.69. The Bertz CT molecular complexity index is 1750. The van der Waals surface area contributed by atoms with Crippen molar-refractivity contribution in [3.8, 4) is 16.5 Å². The fourth-order valence-corrected chi connectivity index (χ4v) is 7.47. The quantitative estimate of drug-likeness (QED) is 0.307. The van der Waals surface area contributed by atoms with Crippen LogP contribution < -0.4 is 16.0 Å². The second-order valence-corrected chi connectivity index (χ2v) is 12.5. The van der Waals surface area contributed by atoms with Crippen molar-refractivity contribution in [1.29, 1.82) is 0 Å². The number of thiophene rings is 1. The maximum absolute atomic E-state index is 14.2. The maximum atomic E-state index is 14.2. The Morgan fingerprint density at radius 1 is 1.24 bits per heavy atom. The first kappa shape index (κ1) is 28.4. The van der Waals surface area contributed by atoms with Crippen molar-refractivity contribution in [3.63, 3.8) is 0 Å². The molecule has 1 unspecified atom stereocenters. The number of benzene rings is 1. The van der Waals surface area contributed by atoms with E-state index in [0.29, 0.717) is 32.8 Å². The van der Waals surface area contributed by atoms with Crippen molar-refractivity contribution in [2.45, 2.75) is 57.9 Å². The Morgan fingerprint density at radius 3 is 2.60 bits per heavy atom. The molecule has 222 valence electrons. The highest BCUT2D eigenvalue weighted by Crippen LogP contribution is 2.39. The lowest BCUT2D eigenvalue weighted by Gasteiger charge is -2.45. The van der Waals surface area contributed by atoms with Gasteiger partial charge in [0, 0.05) is 12.1 Å². The van der Waals surface area contributed by atoms with E-state index in [1.54, 1.807) is 14.0 Å². The van der Waals surface area contributed by atoms with Crippen molar-refractivity contribution in [1.82, 2.24) is 19.0 Å². The number of hydrogen-bond donors (Lipinski definition) is 1. The molecule has 12 heteroatoms. The molecule has 6 heterocycles. The van der Waals surface area contributed by atoms with Gasteiger partial charge in [-0.3, -0.25) is 9.36 Å². The molecule has 3 aliphatic heterocycles. The zero-order chi connectivity index (χ0) is 29.8. The molecule has 3 aromatic heterocycles. The smallest absolute Gasteiger partial charge is 0.333 e. The van der Waals surface area contributed by atoms with Crippen molar-refractivity contribution >= 4 is 27.5 Å². The van der Waals surface area contributed by atoms with Gasteiger partial charge in [-0.1, -0.05) is 18.2 Å². The van der Waals surface area contributed by atoms with Gasteiger partial charge in [0.2, 0.25) is 5.89 Å². The topological polar surface area (TPSA) is 129 Å². The SMILES string of the molecule is COc1ccccc1C(Cn1c(=O)n(C(C)(C)C(=O)O)c(=O)c2c(C)c(-c3ncco3)sc21)O[C@@H]1CN2CCC1CC2. The highest BCUT2D eigenvalue weighted by atomic mass is 32.1. The molecule has 1 aromatic carbocycles. The van der Waals surface area contributed by atoms with Gasteiger partial charge in [0.15, 0.2) is 0 Å². The highest BCUT2D eigenvalue weighted by Gasteiger charge is 2.39. The minimum atomic E-state index is -1.81. The summed E-state index contributed by atoms with van der Waals surface area (Å²) in [6, 6.07) is 7.54. The number of methoxy groups -OCH3 is 1. The number of rotatable bonds is 9. The van der Waals surface area contributed by atoms with Crippen LogP contribution in [0.3, 0.4) is 0 Å². The predicted molar refractivity (Wildman–Crippen MR) is 157 cm³/mol. The number of nitrogens with zero attached hydrogens (tertiary/aromatic N) is 4. The van der Waals surface area contributed by atoms with E-state index in [0.717, 1.165) is 42.6 Å². The van der Waals surface area contributed by atoms with Crippen LogP contribution >= 0.6 is 11.3 Å². The molecule has 1 N–H and O–H groups in total. The average molecular weight is 595 g/mol. The minimum Gasteiger partial charge on any atom is -0.496 e. The molecule has 0 saturated carbocycles. The third-order valence-corrected chi connectivity index (χ3v) is 9.99. The summed E-state index contributed by atoms with van der Waals surface area (Å²) in [4.78, 5) is 48.1. The van der Waals surface area contributed by atoms with Crippen LogP contribution in [0, 0.1) is 12.8 Å². The number of aromatic nitrogens is 3. The summed E-state index contributed by atoms with van der Waals surface area (Å²) in [5, 5.41) is 10.3. The number of carboxylic acids is 1. The molecule has 0 aliphatic carbocycles. The van der Waals surface area contributed by atoms with Crippen molar-refractivity contribution in [3.05, 3.63) is 68.7 Å². The van der Waals surface area contributed by atoms with Gasteiger partial charge < -0.3 is 23.9 Å². The van der Waals surface area contributed by atoms with Crippen LogP contribution in [0.2, 0.25) is 0 Å². The van der Waals surface area contributed by atoms with Gasteiger partial charge >= 0.3 is 11.7 Å². The molecule has 7 rings (SSSR count). The number of piperidine rings is 3. The number of carboxylic acid groups (broad SMARTS) is 1. The van der Waals surface area contributed by atoms with Crippen LogP contribution in [0.4, 0.5) is 0 Å². The van der Waals surface area contributed by atoms with Gasteiger partial charge in [-0.05, 0) is 64.3 Å².